The molecule has 0 saturated heterocycles. The zero-order chi connectivity index (χ0) is 34.8. The molecule has 3 rings (SSSR count). The zero-order valence-electron chi connectivity index (χ0n) is 28.5. The average Bonchev–Trinajstić information content (AvgIpc) is 3.07. The molecule has 2 aromatic carbocycles. The van der Waals surface area contributed by atoms with Crippen LogP contribution in [0.5, 0.6) is 0 Å². The molecule has 2 aromatic rings. The molecule has 0 bridgehead atoms. The standard InChI is InChI=1S/C36H52N3O6PS2/c1-4-28(2)46(43,44)45-25-12-6-5-11-23-37-34(40)20-17-29(3)48-47-26-24-38-35(41)21-22-36(42)39-27-32-15-8-7-13-30(32)18-19-31-14-9-10-16-33(31)39/h7-10,13-16,18-19,28-29H,4-6,11-12,17,20-27H2,1-3H3,(H,37,40)(H,38,41)(H,43,44)/b19-18-. The lowest BCUT2D eigenvalue weighted by Crippen LogP contribution is -2.33. The largest absolute Gasteiger partial charge is 0.356 e. The summed E-state index contributed by atoms with van der Waals surface area (Å²) in [4.78, 5) is 49.7. The molecular weight excluding hydrogens is 666 g/mol. The van der Waals surface area contributed by atoms with Crippen molar-refractivity contribution in [3.05, 3.63) is 65.2 Å². The lowest BCUT2D eigenvalue weighted by Gasteiger charge is -2.27. The van der Waals surface area contributed by atoms with Crippen molar-refractivity contribution < 1.29 is 28.4 Å². The third-order valence-electron chi connectivity index (χ3n) is 8.26. The Morgan fingerprint density at radius 1 is 0.896 bits per heavy atom. The molecule has 1 aliphatic rings. The van der Waals surface area contributed by atoms with Crippen LogP contribution in [0.4, 0.5) is 5.69 Å². The van der Waals surface area contributed by atoms with Crippen molar-refractivity contribution in [2.75, 3.05) is 30.3 Å². The Bertz CT molecular complexity index is 1410. The van der Waals surface area contributed by atoms with Crippen molar-refractivity contribution in [1.29, 1.82) is 0 Å². The number of nitrogens with zero attached hydrogens (tertiary/aromatic N) is 1. The number of fused-ring (bicyclic) bond motifs is 2. The topological polar surface area (TPSA) is 125 Å². The molecule has 0 spiro atoms. The summed E-state index contributed by atoms with van der Waals surface area (Å²) in [6.45, 7) is 7.59. The first-order chi connectivity index (χ1) is 23.1. The fraction of sp³-hybridized carbons (Fsp3) is 0.528. The molecule has 48 heavy (non-hydrogen) atoms. The van der Waals surface area contributed by atoms with Crippen LogP contribution < -0.4 is 15.5 Å². The Morgan fingerprint density at radius 2 is 1.56 bits per heavy atom. The van der Waals surface area contributed by atoms with Crippen LogP contribution in [0.1, 0.15) is 95.2 Å². The second-order valence-electron chi connectivity index (χ2n) is 12.1. The van der Waals surface area contributed by atoms with Gasteiger partial charge in [0.2, 0.25) is 17.7 Å². The normalized spacial score (nSPS) is 15.5. The molecule has 0 aromatic heterocycles. The van der Waals surface area contributed by atoms with Crippen LogP contribution in [0, 0.1) is 0 Å². The second-order valence-corrected chi connectivity index (χ2v) is 17.3. The smallest absolute Gasteiger partial charge is 0.330 e. The highest BCUT2D eigenvalue weighted by molar-refractivity contribution is 8.76. The van der Waals surface area contributed by atoms with E-state index in [0.717, 1.165) is 60.2 Å². The predicted octanol–water partition coefficient (Wildman–Crippen LogP) is 7.83. The van der Waals surface area contributed by atoms with Crippen LogP contribution in [0.3, 0.4) is 0 Å². The van der Waals surface area contributed by atoms with Gasteiger partial charge in [-0.3, -0.25) is 18.9 Å². The van der Waals surface area contributed by atoms with E-state index in [4.69, 9.17) is 4.52 Å². The van der Waals surface area contributed by atoms with Crippen LogP contribution >= 0.6 is 29.2 Å². The van der Waals surface area contributed by atoms with Gasteiger partial charge in [-0.25, -0.2) is 0 Å². The van der Waals surface area contributed by atoms with Crippen LogP contribution in [-0.4, -0.2) is 59.0 Å². The Kier molecular flexibility index (Phi) is 17.9. The van der Waals surface area contributed by atoms with Gasteiger partial charge in [0.25, 0.3) is 0 Å². The summed E-state index contributed by atoms with van der Waals surface area (Å²) < 4.78 is 17.2. The van der Waals surface area contributed by atoms with E-state index in [2.05, 4.69) is 23.6 Å². The molecule has 0 aliphatic carbocycles. The number of hydrogen-bond donors (Lipinski definition) is 3. The SMILES string of the molecule is CCC(C)P(=O)(O)OCCCCCCNC(=O)CCC(C)SSCCNC(=O)CCC(=O)N1Cc2ccccc2/C=C\c2ccccc21. The van der Waals surface area contributed by atoms with Gasteiger partial charge in [-0.1, -0.05) is 110 Å². The summed E-state index contributed by atoms with van der Waals surface area (Å²) >= 11 is 0. The van der Waals surface area contributed by atoms with Gasteiger partial charge >= 0.3 is 7.60 Å². The lowest BCUT2D eigenvalue weighted by atomic mass is 10.0. The Morgan fingerprint density at radius 3 is 2.35 bits per heavy atom. The van der Waals surface area contributed by atoms with Gasteiger partial charge in [0.1, 0.15) is 0 Å². The highest BCUT2D eigenvalue weighted by atomic mass is 33.1. The third kappa shape index (κ3) is 14.1. The number of unbranched alkanes of at least 4 members (excludes halogenated alkanes) is 3. The monoisotopic (exact) mass is 717 g/mol. The molecule has 1 heterocycles. The van der Waals surface area contributed by atoms with Crippen LogP contribution in [0.25, 0.3) is 12.2 Å². The fourth-order valence-corrected chi connectivity index (χ4v) is 8.40. The zero-order valence-corrected chi connectivity index (χ0v) is 31.1. The molecular formula is C36H52N3O6PS2. The molecule has 3 amide bonds. The Hall–Kier alpha value is -2.56. The molecule has 264 valence electrons. The molecule has 0 saturated carbocycles. The maximum Gasteiger partial charge on any atom is 0.330 e. The van der Waals surface area contributed by atoms with Gasteiger partial charge in [0.05, 0.1) is 24.5 Å². The number of para-hydroxylation sites is 1. The highest BCUT2D eigenvalue weighted by Crippen LogP contribution is 2.48. The number of anilines is 1. The first-order valence-corrected chi connectivity index (χ1v) is 21.1. The number of carbonyl (C=O) groups excluding carboxylic acids is 3. The van der Waals surface area contributed by atoms with E-state index in [1.165, 1.54) is 0 Å². The third-order valence-corrected chi connectivity index (χ3v) is 13.3. The average molecular weight is 718 g/mol. The van der Waals surface area contributed by atoms with E-state index in [-0.39, 0.29) is 42.8 Å². The van der Waals surface area contributed by atoms with E-state index in [1.807, 2.05) is 61.5 Å². The number of amides is 3. The molecule has 1 aliphatic heterocycles. The van der Waals surface area contributed by atoms with Gasteiger partial charge in [0.15, 0.2) is 0 Å². The molecule has 3 atom stereocenters. The van der Waals surface area contributed by atoms with Gasteiger partial charge in [-0.15, -0.1) is 0 Å². The minimum Gasteiger partial charge on any atom is -0.356 e. The van der Waals surface area contributed by atoms with E-state index in [9.17, 15) is 23.8 Å². The molecule has 9 nitrogen and oxygen atoms in total. The van der Waals surface area contributed by atoms with Gasteiger partial charge in [-0.05, 0) is 48.4 Å². The van der Waals surface area contributed by atoms with E-state index < -0.39 is 7.60 Å². The van der Waals surface area contributed by atoms with E-state index in [1.54, 1.807) is 33.4 Å². The molecule has 3 N–H and O–H groups in total. The number of benzene rings is 2. The van der Waals surface area contributed by atoms with Gasteiger partial charge < -0.3 is 25.0 Å². The fourth-order valence-electron chi connectivity index (χ4n) is 5.05. The number of rotatable bonds is 21. The van der Waals surface area contributed by atoms with E-state index >= 15 is 0 Å². The molecule has 0 radical (unpaired) electrons. The highest BCUT2D eigenvalue weighted by Gasteiger charge is 2.26. The van der Waals surface area contributed by atoms with Gasteiger partial charge in [-0.2, -0.15) is 0 Å². The van der Waals surface area contributed by atoms with Crippen molar-refractivity contribution in [1.82, 2.24) is 10.6 Å². The predicted molar refractivity (Wildman–Crippen MR) is 201 cm³/mol. The van der Waals surface area contributed by atoms with Crippen LogP contribution in [0.2, 0.25) is 0 Å². The molecule has 12 heteroatoms. The number of hydrogen-bond acceptors (Lipinski definition) is 7. The first kappa shape index (κ1) is 39.9. The minimum absolute atomic E-state index is 0.0484. The summed E-state index contributed by atoms with van der Waals surface area (Å²) in [7, 11) is -0.121. The van der Waals surface area contributed by atoms with Crippen molar-refractivity contribution in [3.63, 3.8) is 0 Å². The van der Waals surface area contributed by atoms with Gasteiger partial charge in [0, 0.05) is 43.4 Å². The van der Waals surface area contributed by atoms with Crippen molar-refractivity contribution in [2.24, 2.45) is 0 Å². The molecule has 3 unspecified atom stereocenters. The lowest BCUT2D eigenvalue weighted by molar-refractivity contribution is -0.125. The summed E-state index contributed by atoms with van der Waals surface area (Å²) in [5, 5.41) is 6.20. The maximum atomic E-state index is 13.3. The van der Waals surface area contributed by atoms with Crippen LogP contribution in [0.15, 0.2) is 48.5 Å². The summed E-state index contributed by atoms with van der Waals surface area (Å²) in [6, 6.07) is 15.9. The Balaban J connectivity index is 1.22. The number of nitrogens with one attached hydrogen (secondary N) is 2. The minimum atomic E-state index is -3.51. The van der Waals surface area contributed by atoms with Crippen molar-refractivity contribution >= 4 is 64.7 Å². The summed E-state index contributed by atoms with van der Waals surface area (Å²) in [5.41, 5.74) is 3.63. The van der Waals surface area contributed by atoms with E-state index in [0.29, 0.717) is 37.7 Å². The summed E-state index contributed by atoms with van der Waals surface area (Å²) in [6.07, 6.45) is 9.65. The molecule has 0 fully saturated rings. The Labute approximate surface area is 294 Å². The maximum absolute atomic E-state index is 13.3. The summed E-state index contributed by atoms with van der Waals surface area (Å²) in [5.74, 6) is 0.574. The second kappa shape index (κ2) is 21.5. The van der Waals surface area contributed by atoms with Crippen molar-refractivity contribution in [3.8, 4) is 0 Å². The quantitative estimate of drug-likeness (QED) is 0.0678. The number of carbonyl (C=O) groups is 3. The van der Waals surface area contributed by atoms with Crippen molar-refractivity contribution in [2.45, 2.75) is 96.0 Å². The van der Waals surface area contributed by atoms with Crippen LogP contribution in [-0.2, 0) is 30.0 Å². The first-order valence-electron chi connectivity index (χ1n) is 17.0.